The molecule has 4 N–H and O–H groups in total. The van der Waals surface area contributed by atoms with E-state index in [2.05, 4.69) is 12.4 Å². The van der Waals surface area contributed by atoms with Crippen LogP contribution in [0.2, 0.25) is 0 Å². The monoisotopic (exact) mass is 208 g/mol. The molecule has 1 aromatic rings. The Balaban J connectivity index is 3.23. The fraction of sp³-hybridized carbons (Fsp3) is 0.100. The molecule has 0 atom stereocenters. The molecule has 0 heterocycles. The Hall–Kier alpha value is -1.88. The molecule has 1 rings (SSSR count). The van der Waals surface area contributed by atoms with Gasteiger partial charge in [0.2, 0.25) is 0 Å². The van der Waals surface area contributed by atoms with Crippen LogP contribution in [0.15, 0.2) is 18.2 Å². The number of nitrogens with two attached hydrogens (primary N) is 1. The molecular formula is C10H12N2O3. The maximum Gasteiger partial charge on any atom is 0.335 e. The van der Waals surface area contributed by atoms with Gasteiger partial charge in [0.25, 0.3) is 5.91 Å². The number of carboxylic acid groups (broad SMARTS) is 1. The Labute approximate surface area is 87.1 Å². The molecule has 0 radical (unpaired) electrons. The number of aromatic carboxylic acids is 1. The molecule has 80 valence electrons. The predicted molar refractivity (Wildman–Crippen MR) is 53.7 cm³/mol. The first-order valence-corrected chi connectivity index (χ1v) is 4.31. The minimum Gasteiger partial charge on any atom is -0.478 e. The van der Waals surface area contributed by atoms with Crippen molar-refractivity contribution < 1.29 is 20.0 Å². The minimum absolute atomic E-state index is 0.0750. The van der Waals surface area contributed by atoms with Gasteiger partial charge in [0.05, 0.1) is 5.56 Å². The number of quaternary nitrogens is 1. The number of benzene rings is 1. The summed E-state index contributed by atoms with van der Waals surface area (Å²) in [6.07, 6.45) is 0. The molecule has 1 aromatic carbocycles. The summed E-state index contributed by atoms with van der Waals surface area (Å²) in [5.74, 6) is -1.38. The van der Waals surface area contributed by atoms with Crippen LogP contribution in [0.4, 0.5) is 5.69 Å². The fourth-order valence-electron chi connectivity index (χ4n) is 1.17. The number of hydrogen-bond donors (Lipinski definition) is 3. The zero-order valence-corrected chi connectivity index (χ0v) is 8.28. The molecule has 0 spiro atoms. The Kier molecular flexibility index (Phi) is 3.41. The summed E-state index contributed by atoms with van der Waals surface area (Å²) in [6.45, 7) is 0. The van der Waals surface area contributed by atoms with Crippen LogP contribution in [0.3, 0.4) is 0 Å². The van der Waals surface area contributed by atoms with Crippen molar-refractivity contribution in [3.63, 3.8) is 0 Å². The molecule has 0 aliphatic carbocycles. The molecule has 0 aliphatic heterocycles. The van der Waals surface area contributed by atoms with Crippen molar-refractivity contribution in [1.29, 1.82) is 0 Å². The van der Waals surface area contributed by atoms with E-state index >= 15 is 0 Å². The van der Waals surface area contributed by atoms with Crippen LogP contribution < -0.4 is 10.6 Å². The zero-order valence-electron chi connectivity index (χ0n) is 8.28. The van der Waals surface area contributed by atoms with E-state index in [9.17, 15) is 9.59 Å². The molecule has 0 bridgehead atoms. The molecular weight excluding hydrogens is 196 g/mol. The Morgan fingerprint density at radius 2 is 1.93 bits per heavy atom. The van der Waals surface area contributed by atoms with Crippen LogP contribution in [0, 0.1) is 7.05 Å². The lowest BCUT2D eigenvalue weighted by Crippen LogP contribution is -2.69. The Bertz CT molecular complexity index is 402. The van der Waals surface area contributed by atoms with Crippen molar-refractivity contribution in [2.45, 2.75) is 0 Å². The van der Waals surface area contributed by atoms with Gasteiger partial charge < -0.3 is 15.7 Å². The summed E-state index contributed by atoms with van der Waals surface area (Å²) < 4.78 is 0. The third-order valence-corrected chi connectivity index (χ3v) is 1.93. The number of hydrogen-bond acceptors (Lipinski definition) is 2. The van der Waals surface area contributed by atoms with Crippen LogP contribution >= 0.6 is 0 Å². The maximum absolute atomic E-state index is 11.3. The highest BCUT2D eigenvalue weighted by atomic mass is 16.4. The molecule has 15 heavy (non-hydrogen) atoms. The smallest absolute Gasteiger partial charge is 0.335 e. The van der Waals surface area contributed by atoms with E-state index in [1.165, 1.54) is 24.5 Å². The summed E-state index contributed by atoms with van der Waals surface area (Å²) in [7, 11) is 5.02. The second-order valence-electron chi connectivity index (χ2n) is 2.93. The second-order valence-corrected chi connectivity index (χ2v) is 2.93. The van der Waals surface area contributed by atoms with E-state index < -0.39 is 5.97 Å². The van der Waals surface area contributed by atoms with E-state index in [1.807, 2.05) is 0 Å². The van der Waals surface area contributed by atoms with E-state index in [4.69, 9.17) is 5.11 Å². The van der Waals surface area contributed by atoms with Crippen molar-refractivity contribution in [2.75, 3.05) is 7.05 Å². The molecule has 0 saturated carbocycles. The quantitative estimate of drug-likeness (QED) is 0.472. The average molecular weight is 208 g/mol. The van der Waals surface area contributed by atoms with Gasteiger partial charge in [0, 0.05) is 24.7 Å². The number of carbonyl (C=O) groups is 2. The number of carbonyl (C=O) groups excluding carboxylic acids is 1. The van der Waals surface area contributed by atoms with Crippen LogP contribution in [0.25, 0.3) is 0 Å². The van der Waals surface area contributed by atoms with Gasteiger partial charge in [-0.3, -0.25) is 4.79 Å². The largest absolute Gasteiger partial charge is 0.478 e. The van der Waals surface area contributed by atoms with E-state index in [1.54, 1.807) is 6.07 Å². The van der Waals surface area contributed by atoms with Crippen molar-refractivity contribution in [3.8, 4) is 0 Å². The Morgan fingerprint density at radius 1 is 1.33 bits per heavy atom. The molecule has 0 aliphatic rings. The number of amides is 1. The molecule has 1 amide bonds. The zero-order chi connectivity index (χ0) is 11.4. The van der Waals surface area contributed by atoms with Gasteiger partial charge >= 0.3 is 5.97 Å². The summed E-state index contributed by atoms with van der Waals surface area (Å²) >= 11 is 0. The minimum atomic E-state index is -1.07. The third kappa shape index (κ3) is 2.54. The number of rotatable bonds is 3. The Morgan fingerprint density at radius 3 is 2.40 bits per heavy atom. The molecule has 0 unspecified atom stereocenters. The standard InChI is InChI=1S/C10H12N2O3/c1-11-8-4-6(9(13)12-2)3-7(5-8)10(14)15/h3-5H,1,11H2,2H3,(H,12,13)(H,14,15). The highest BCUT2D eigenvalue weighted by molar-refractivity contribution is 5.98. The van der Waals surface area contributed by atoms with E-state index in [0.717, 1.165) is 0 Å². The summed E-state index contributed by atoms with van der Waals surface area (Å²) in [4.78, 5) is 22.1. The van der Waals surface area contributed by atoms with Crippen molar-refractivity contribution in [2.24, 2.45) is 0 Å². The van der Waals surface area contributed by atoms with E-state index in [0.29, 0.717) is 11.3 Å². The highest BCUT2D eigenvalue weighted by Crippen LogP contribution is 2.11. The maximum atomic E-state index is 11.3. The molecule has 0 aromatic heterocycles. The van der Waals surface area contributed by atoms with Crippen LogP contribution in [0.5, 0.6) is 0 Å². The predicted octanol–water partition coefficient (Wildman–Crippen LogP) is -0.269. The first kappa shape index (κ1) is 11.2. The molecule has 0 fully saturated rings. The van der Waals surface area contributed by atoms with Gasteiger partial charge in [-0.1, -0.05) is 0 Å². The number of carboxylic acids is 1. The molecule has 5 nitrogen and oxygen atoms in total. The first-order valence-electron chi connectivity index (χ1n) is 4.31. The van der Waals surface area contributed by atoms with Gasteiger partial charge in [-0.05, 0) is 6.07 Å². The van der Waals surface area contributed by atoms with Gasteiger partial charge in [0.15, 0.2) is 0 Å². The van der Waals surface area contributed by atoms with Crippen molar-refractivity contribution >= 4 is 17.6 Å². The first-order chi connectivity index (χ1) is 7.08. The lowest BCUT2D eigenvalue weighted by atomic mass is 10.1. The summed E-state index contributed by atoms with van der Waals surface area (Å²) in [6, 6.07) is 4.37. The van der Waals surface area contributed by atoms with Crippen LogP contribution in [-0.2, 0) is 0 Å². The molecule has 0 saturated heterocycles. The van der Waals surface area contributed by atoms with Crippen molar-refractivity contribution in [3.05, 3.63) is 36.4 Å². The summed E-state index contributed by atoms with van der Waals surface area (Å²) in [5.41, 5.74) is 0.992. The van der Waals surface area contributed by atoms with Crippen molar-refractivity contribution in [1.82, 2.24) is 5.32 Å². The number of nitrogens with one attached hydrogen (secondary N) is 1. The SMILES string of the molecule is [CH2-][NH2+]c1cc(C(=O)O)cc(C(=O)NC)c1. The normalized spacial score (nSPS) is 9.73. The van der Waals surface area contributed by atoms with Gasteiger partial charge in [-0.15, -0.1) is 7.05 Å². The topological polar surface area (TPSA) is 83.0 Å². The highest BCUT2D eigenvalue weighted by Gasteiger charge is 2.11. The second kappa shape index (κ2) is 4.56. The van der Waals surface area contributed by atoms with Crippen LogP contribution in [0.1, 0.15) is 20.7 Å². The van der Waals surface area contributed by atoms with Gasteiger partial charge in [0.1, 0.15) is 5.69 Å². The van der Waals surface area contributed by atoms with Gasteiger partial charge in [-0.25, -0.2) is 4.79 Å². The third-order valence-electron chi connectivity index (χ3n) is 1.93. The van der Waals surface area contributed by atoms with E-state index in [-0.39, 0.29) is 11.5 Å². The fourth-order valence-corrected chi connectivity index (χ4v) is 1.17. The van der Waals surface area contributed by atoms with Gasteiger partial charge in [-0.2, -0.15) is 0 Å². The average Bonchev–Trinajstić information content (AvgIpc) is 2.27. The lowest BCUT2D eigenvalue weighted by Gasteiger charge is -2.05. The lowest BCUT2D eigenvalue weighted by molar-refractivity contribution is -0.504. The van der Waals surface area contributed by atoms with Crippen LogP contribution in [-0.4, -0.2) is 24.0 Å². The summed E-state index contributed by atoms with van der Waals surface area (Å²) in [5, 5.41) is 12.7. The molecule has 5 heteroatoms.